The van der Waals surface area contributed by atoms with Gasteiger partial charge in [0.05, 0.1) is 19.8 Å². The molecule has 0 atom stereocenters. The molecule has 7 aromatic rings. The van der Waals surface area contributed by atoms with Gasteiger partial charge in [-0.3, -0.25) is 0 Å². The molecule has 0 saturated heterocycles. The number of nitrogens with zero attached hydrogens (tertiary/aromatic N) is 9. The molecule has 0 fully saturated rings. The van der Waals surface area contributed by atoms with E-state index in [4.69, 9.17) is 29.2 Å². The summed E-state index contributed by atoms with van der Waals surface area (Å²) in [4.78, 5) is 14.1. The molecule has 0 spiro atoms. The molecule has 0 bridgehead atoms. The Labute approximate surface area is 400 Å². The lowest BCUT2D eigenvalue weighted by Crippen LogP contribution is -1.96. The topological polar surface area (TPSA) is 142 Å². The maximum absolute atomic E-state index is 5.93. The third-order valence-corrected chi connectivity index (χ3v) is 13.0. The van der Waals surface area contributed by atoms with Gasteiger partial charge in [-0.2, -0.15) is 0 Å². The summed E-state index contributed by atoms with van der Waals surface area (Å²) in [7, 11) is 0. The minimum atomic E-state index is 0.538. The molecule has 0 aliphatic heterocycles. The zero-order valence-electron chi connectivity index (χ0n) is 38.0. The SMILES string of the molecule is CCCCCCOc1ccc(-c2nnc(/N=C/c3cc(/C=N/c4nnc(-c5ccc(OCCCCCC)cc5)s4)cc(/C=N/c4nnc(-c5ccc(OCCCCCC)cc5)s4)c3)s2)cc1. The molecule has 3 aromatic heterocycles. The number of rotatable bonds is 27. The van der Waals surface area contributed by atoms with Gasteiger partial charge >= 0.3 is 0 Å². The summed E-state index contributed by atoms with van der Waals surface area (Å²) in [6.45, 7) is 8.80. The number of hydrogen-bond donors (Lipinski definition) is 0. The molecule has 3 heterocycles. The summed E-state index contributed by atoms with van der Waals surface area (Å²) in [5, 5.41) is 30.3. The summed E-state index contributed by atoms with van der Waals surface area (Å²) < 4.78 is 17.8. The second kappa shape index (κ2) is 26.2. The molecule has 0 radical (unpaired) electrons. The number of aromatic nitrogens is 6. The minimum absolute atomic E-state index is 0.538. The van der Waals surface area contributed by atoms with Gasteiger partial charge in [0.1, 0.15) is 32.3 Å². The van der Waals surface area contributed by atoms with Crippen LogP contribution in [-0.4, -0.2) is 69.1 Å². The zero-order chi connectivity index (χ0) is 45.6. The molecule has 342 valence electrons. The van der Waals surface area contributed by atoms with Gasteiger partial charge in [0, 0.05) is 35.3 Å². The van der Waals surface area contributed by atoms with Crippen molar-refractivity contribution < 1.29 is 14.2 Å². The molecule has 15 heteroatoms. The number of aliphatic imine (C=N–C) groups is 3. The van der Waals surface area contributed by atoms with Crippen LogP contribution in [0.15, 0.2) is 106 Å². The van der Waals surface area contributed by atoms with E-state index in [0.717, 1.165) is 105 Å². The van der Waals surface area contributed by atoms with E-state index in [1.54, 1.807) is 18.6 Å². The molecule has 4 aromatic carbocycles. The number of ether oxygens (including phenoxy) is 3. The van der Waals surface area contributed by atoms with Crippen molar-refractivity contribution in [3.8, 4) is 49.0 Å². The smallest absolute Gasteiger partial charge is 0.231 e. The first kappa shape index (κ1) is 47.9. The highest BCUT2D eigenvalue weighted by Gasteiger charge is 2.10. The van der Waals surface area contributed by atoms with E-state index >= 15 is 0 Å². The Balaban J connectivity index is 1.04. The van der Waals surface area contributed by atoms with Crippen molar-refractivity contribution in [2.45, 2.75) is 97.8 Å². The van der Waals surface area contributed by atoms with Crippen molar-refractivity contribution >= 4 is 68.0 Å². The van der Waals surface area contributed by atoms with Gasteiger partial charge in [-0.1, -0.05) is 113 Å². The van der Waals surface area contributed by atoms with Crippen LogP contribution in [0, 0.1) is 0 Å². The fraction of sp³-hybridized carbons (Fsp3) is 0.353. The van der Waals surface area contributed by atoms with Crippen LogP contribution in [0.25, 0.3) is 31.7 Å². The molecule has 0 unspecified atom stereocenters. The van der Waals surface area contributed by atoms with Crippen LogP contribution in [0.5, 0.6) is 17.2 Å². The average molecular weight is 940 g/mol. The summed E-state index contributed by atoms with van der Waals surface area (Å²) in [5.41, 5.74) is 5.36. The van der Waals surface area contributed by atoms with Crippen molar-refractivity contribution in [2.24, 2.45) is 15.0 Å². The normalized spacial score (nSPS) is 11.7. The molecule has 0 aliphatic carbocycles. The van der Waals surface area contributed by atoms with E-state index in [1.165, 1.54) is 91.8 Å². The molecule has 0 N–H and O–H groups in total. The maximum atomic E-state index is 5.93. The lowest BCUT2D eigenvalue weighted by molar-refractivity contribution is 0.305. The van der Waals surface area contributed by atoms with Crippen LogP contribution < -0.4 is 14.2 Å². The number of unbranched alkanes of at least 4 members (excludes halogenated alkanes) is 9. The Morgan fingerprint density at radius 1 is 0.379 bits per heavy atom. The highest BCUT2D eigenvalue weighted by atomic mass is 32.1. The molecular formula is C51H57N9O3S3. The van der Waals surface area contributed by atoms with Crippen LogP contribution in [-0.2, 0) is 0 Å². The van der Waals surface area contributed by atoms with Gasteiger partial charge in [0.15, 0.2) is 0 Å². The molecule has 66 heavy (non-hydrogen) atoms. The van der Waals surface area contributed by atoms with Crippen LogP contribution in [0.4, 0.5) is 15.4 Å². The summed E-state index contributed by atoms with van der Waals surface area (Å²) in [6.07, 6.45) is 19.4. The van der Waals surface area contributed by atoms with Gasteiger partial charge in [0.2, 0.25) is 15.4 Å². The molecular weight excluding hydrogens is 883 g/mol. The first-order valence-electron chi connectivity index (χ1n) is 23.0. The summed E-state index contributed by atoms with van der Waals surface area (Å²) >= 11 is 4.26. The average Bonchev–Trinajstić information content (AvgIpc) is 4.15. The molecule has 0 aliphatic rings. The monoisotopic (exact) mass is 939 g/mol. The van der Waals surface area contributed by atoms with Gasteiger partial charge in [0.25, 0.3) is 0 Å². The van der Waals surface area contributed by atoms with E-state index in [9.17, 15) is 0 Å². The van der Waals surface area contributed by atoms with E-state index < -0.39 is 0 Å². The van der Waals surface area contributed by atoms with E-state index in [-0.39, 0.29) is 0 Å². The lowest BCUT2D eigenvalue weighted by atomic mass is 10.1. The Morgan fingerprint density at radius 3 is 0.939 bits per heavy atom. The Morgan fingerprint density at radius 2 is 0.667 bits per heavy atom. The third-order valence-electron chi connectivity index (χ3n) is 10.3. The fourth-order valence-corrected chi connectivity index (χ4v) is 8.79. The van der Waals surface area contributed by atoms with Crippen LogP contribution >= 0.6 is 34.0 Å². The predicted octanol–water partition coefficient (Wildman–Crippen LogP) is 14.4. The molecule has 0 amide bonds. The zero-order valence-corrected chi connectivity index (χ0v) is 40.4. The fourth-order valence-electron chi connectivity index (χ4n) is 6.71. The first-order valence-corrected chi connectivity index (χ1v) is 25.5. The van der Waals surface area contributed by atoms with Crippen molar-refractivity contribution in [2.75, 3.05) is 19.8 Å². The summed E-state index contributed by atoms with van der Waals surface area (Å²) in [5.74, 6) is 2.56. The van der Waals surface area contributed by atoms with Gasteiger partial charge < -0.3 is 14.2 Å². The second-order valence-electron chi connectivity index (χ2n) is 15.7. The largest absolute Gasteiger partial charge is 0.494 e. The highest BCUT2D eigenvalue weighted by Crippen LogP contribution is 2.32. The Hall–Kier alpha value is -6.03. The second-order valence-corrected chi connectivity index (χ2v) is 18.5. The van der Waals surface area contributed by atoms with Crippen molar-refractivity contribution in [3.05, 3.63) is 108 Å². The minimum Gasteiger partial charge on any atom is -0.494 e. The van der Waals surface area contributed by atoms with Crippen LogP contribution in [0.2, 0.25) is 0 Å². The van der Waals surface area contributed by atoms with Crippen molar-refractivity contribution in [1.29, 1.82) is 0 Å². The van der Waals surface area contributed by atoms with E-state index in [0.29, 0.717) is 15.4 Å². The highest BCUT2D eigenvalue weighted by molar-refractivity contribution is 7.18. The molecule has 0 saturated carbocycles. The number of benzene rings is 4. The third kappa shape index (κ3) is 15.3. The van der Waals surface area contributed by atoms with Crippen LogP contribution in [0.3, 0.4) is 0 Å². The van der Waals surface area contributed by atoms with E-state index in [2.05, 4.69) is 51.4 Å². The van der Waals surface area contributed by atoms with Crippen molar-refractivity contribution in [3.63, 3.8) is 0 Å². The first-order chi connectivity index (χ1) is 32.5. The number of hydrogen-bond acceptors (Lipinski definition) is 15. The van der Waals surface area contributed by atoms with Gasteiger partial charge in [-0.05, 0) is 127 Å². The summed E-state index contributed by atoms with van der Waals surface area (Å²) in [6, 6.07) is 29.9. The predicted molar refractivity (Wildman–Crippen MR) is 273 cm³/mol. The maximum Gasteiger partial charge on any atom is 0.231 e. The molecule has 12 nitrogen and oxygen atoms in total. The lowest BCUT2D eigenvalue weighted by Gasteiger charge is -2.06. The van der Waals surface area contributed by atoms with E-state index in [1.807, 2.05) is 91.0 Å². The quantitative estimate of drug-likeness (QED) is 0.0364. The van der Waals surface area contributed by atoms with Crippen molar-refractivity contribution in [1.82, 2.24) is 30.6 Å². The molecule has 7 rings (SSSR count). The standard InChI is InChI=1S/C51H57N9O3S3/c1-4-7-10-13-28-61-43-22-16-40(17-23-43)46-55-58-49(64-46)52-34-37-31-38(35-53-50-59-56-47(65-50)41-18-24-44(25-19-41)62-29-14-11-8-5-2)33-39(32-37)36-54-51-60-57-48(66-51)42-20-26-45(27-21-42)63-30-15-12-9-6-3/h16-27,31-36H,4-15,28-30H2,1-3H3/b52-34+,53-35+,54-36+. The Bertz CT molecular complexity index is 2310. The van der Waals surface area contributed by atoms with Gasteiger partial charge in [-0.15, -0.1) is 30.6 Å². The Kier molecular flexibility index (Phi) is 19.0. The van der Waals surface area contributed by atoms with Crippen LogP contribution in [0.1, 0.15) is 115 Å². The van der Waals surface area contributed by atoms with Gasteiger partial charge in [-0.25, -0.2) is 15.0 Å².